The van der Waals surface area contributed by atoms with Crippen molar-refractivity contribution in [1.29, 1.82) is 0 Å². The summed E-state index contributed by atoms with van der Waals surface area (Å²) in [7, 11) is -0.112. The number of unbranched alkanes of at least 4 members (excludes halogenated alkanes) is 2. The van der Waals surface area contributed by atoms with Gasteiger partial charge in [-0.2, -0.15) is 0 Å². The largest absolute Gasteiger partial charge is 0.494 e. The molecule has 6 heteroatoms. The SMILES string of the molecule is CCC(=O)Oc1ccc(OCCCCCB2OC(C)(C)C(C)(C)O2)cc1. The summed E-state index contributed by atoms with van der Waals surface area (Å²) in [5.74, 6) is 1.10. The van der Waals surface area contributed by atoms with Gasteiger partial charge in [0, 0.05) is 6.42 Å². The molecule has 1 aromatic carbocycles. The highest BCUT2D eigenvalue weighted by molar-refractivity contribution is 6.45. The van der Waals surface area contributed by atoms with E-state index in [1.165, 1.54) is 0 Å². The zero-order valence-electron chi connectivity index (χ0n) is 16.7. The lowest BCUT2D eigenvalue weighted by atomic mass is 9.82. The van der Waals surface area contributed by atoms with Gasteiger partial charge in [0.25, 0.3) is 0 Å². The third-order valence-corrected chi connectivity index (χ3v) is 5.00. The van der Waals surface area contributed by atoms with Gasteiger partial charge in [0.05, 0.1) is 17.8 Å². The second-order valence-corrected chi connectivity index (χ2v) is 7.68. The minimum atomic E-state index is -0.252. The van der Waals surface area contributed by atoms with E-state index in [1.807, 2.05) is 12.1 Å². The molecule has 0 radical (unpaired) electrons. The highest BCUT2D eigenvalue weighted by Crippen LogP contribution is 2.38. The van der Waals surface area contributed by atoms with Gasteiger partial charge in [-0.3, -0.25) is 4.79 Å². The smallest absolute Gasteiger partial charge is 0.457 e. The third-order valence-electron chi connectivity index (χ3n) is 5.00. The van der Waals surface area contributed by atoms with Crippen molar-refractivity contribution in [3.05, 3.63) is 24.3 Å². The number of hydrogen-bond acceptors (Lipinski definition) is 5. The van der Waals surface area contributed by atoms with Gasteiger partial charge in [-0.05, 0) is 64.7 Å². The Morgan fingerprint density at radius 2 is 1.54 bits per heavy atom. The van der Waals surface area contributed by atoms with E-state index in [9.17, 15) is 4.79 Å². The molecule has 1 saturated heterocycles. The summed E-state index contributed by atoms with van der Waals surface area (Å²) in [6.07, 6.45) is 4.36. The molecule has 0 amide bonds. The van der Waals surface area contributed by atoms with E-state index in [1.54, 1.807) is 19.1 Å². The van der Waals surface area contributed by atoms with Crippen LogP contribution in [0.15, 0.2) is 24.3 Å². The Bertz CT molecular complexity index is 566. The van der Waals surface area contributed by atoms with E-state index >= 15 is 0 Å². The number of rotatable bonds is 9. The van der Waals surface area contributed by atoms with E-state index in [4.69, 9.17) is 18.8 Å². The van der Waals surface area contributed by atoms with Crippen molar-refractivity contribution in [3.63, 3.8) is 0 Å². The average Bonchev–Trinajstić information content (AvgIpc) is 2.79. The molecule has 0 saturated carbocycles. The summed E-state index contributed by atoms with van der Waals surface area (Å²) >= 11 is 0. The van der Waals surface area contributed by atoms with E-state index in [2.05, 4.69) is 27.7 Å². The standard InChI is InChI=1S/C20H31BO5/c1-6-18(22)24-17-12-10-16(11-13-17)23-15-9-7-8-14-21-25-19(2,3)20(4,5)26-21/h10-13H,6-9,14-15H2,1-5H3. The molecular formula is C20H31BO5. The monoisotopic (exact) mass is 362 g/mol. The maximum atomic E-state index is 11.2. The van der Waals surface area contributed by atoms with Gasteiger partial charge in [0.2, 0.25) is 0 Å². The third kappa shape index (κ3) is 5.75. The molecule has 26 heavy (non-hydrogen) atoms. The maximum Gasteiger partial charge on any atom is 0.457 e. The lowest BCUT2D eigenvalue weighted by Crippen LogP contribution is -2.41. The number of carbonyl (C=O) groups is 1. The topological polar surface area (TPSA) is 54.0 Å². The van der Waals surface area contributed by atoms with Gasteiger partial charge in [-0.15, -0.1) is 0 Å². The van der Waals surface area contributed by atoms with Crippen LogP contribution in [0.25, 0.3) is 0 Å². The molecule has 5 nitrogen and oxygen atoms in total. The quantitative estimate of drug-likeness (QED) is 0.277. The van der Waals surface area contributed by atoms with Crippen LogP contribution in [0.5, 0.6) is 11.5 Å². The highest BCUT2D eigenvalue weighted by Gasteiger charge is 2.50. The van der Waals surface area contributed by atoms with Gasteiger partial charge >= 0.3 is 13.1 Å². The molecule has 1 aliphatic heterocycles. The minimum absolute atomic E-state index is 0.112. The van der Waals surface area contributed by atoms with Crippen LogP contribution in [0, 0.1) is 0 Å². The Kier molecular flexibility index (Phi) is 7.12. The first-order valence-electron chi connectivity index (χ1n) is 9.53. The van der Waals surface area contributed by atoms with Crippen LogP contribution in [0.3, 0.4) is 0 Å². The molecule has 1 fully saturated rings. The van der Waals surface area contributed by atoms with Crippen LogP contribution in [0.1, 0.15) is 60.3 Å². The molecule has 0 aliphatic carbocycles. The second kappa shape index (κ2) is 8.91. The Balaban J connectivity index is 1.59. The van der Waals surface area contributed by atoms with Crippen LogP contribution in [-0.2, 0) is 14.1 Å². The molecule has 0 aromatic heterocycles. The molecule has 144 valence electrons. The molecular weight excluding hydrogens is 331 g/mol. The van der Waals surface area contributed by atoms with Crippen LogP contribution < -0.4 is 9.47 Å². The first kappa shape index (κ1) is 20.8. The Hall–Kier alpha value is -1.53. The zero-order chi connectivity index (χ0) is 19.2. The van der Waals surface area contributed by atoms with Crippen molar-refractivity contribution in [3.8, 4) is 11.5 Å². The lowest BCUT2D eigenvalue weighted by molar-refractivity contribution is -0.134. The summed E-state index contributed by atoms with van der Waals surface area (Å²) in [6, 6.07) is 7.15. The van der Waals surface area contributed by atoms with E-state index in [-0.39, 0.29) is 24.3 Å². The first-order valence-corrected chi connectivity index (χ1v) is 9.53. The first-order chi connectivity index (χ1) is 12.2. The molecule has 1 aromatic rings. The molecule has 2 rings (SSSR count). The van der Waals surface area contributed by atoms with Gasteiger partial charge in [-0.25, -0.2) is 0 Å². The van der Waals surface area contributed by atoms with Crippen molar-refractivity contribution in [2.45, 2.75) is 77.8 Å². The molecule has 0 unspecified atom stereocenters. The van der Waals surface area contributed by atoms with Crippen molar-refractivity contribution >= 4 is 13.1 Å². The molecule has 1 aliphatic rings. The molecule has 0 bridgehead atoms. The summed E-state index contributed by atoms with van der Waals surface area (Å²) in [6.45, 7) is 10.7. The van der Waals surface area contributed by atoms with Crippen molar-refractivity contribution < 1.29 is 23.6 Å². The number of carbonyl (C=O) groups excluding carboxylic acids is 1. The Morgan fingerprint density at radius 1 is 0.962 bits per heavy atom. The number of ether oxygens (including phenoxy) is 2. The van der Waals surface area contributed by atoms with Crippen molar-refractivity contribution in [1.82, 2.24) is 0 Å². The zero-order valence-corrected chi connectivity index (χ0v) is 16.7. The van der Waals surface area contributed by atoms with E-state index < -0.39 is 0 Å². The predicted molar refractivity (Wildman–Crippen MR) is 103 cm³/mol. The molecule has 0 N–H and O–H groups in total. The molecule has 0 spiro atoms. The highest BCUT2D eigenvalue weighted by atomic mass is 16.7. The summed E-state index contributed by atoms with van der Waals surface area (Å²) in [4.78, 5) is 11.2. The van der Waals surface area contributed by atoms with Gasteiger partial charge in [0.1, 0.15) is 11.5 Å². The summed E-state index contributed by atoms with van der Waals surface area (Å²) < 4.78 is 22.9. The fourth-order valence-electron chi connectivity index (χ4n) is 2.67. The van der Waals surface area contributed by atoms with Crippen LogP contribution in [0.2, 0.25) is 6.32 Å². The fraction of sp³-hybridized carbons (Fsp3) is 0.650. The van der Waals surface area contributed by atoms with E-state index in [0.29, 0.717) is 18.8 Å². The van der Waals surface area contributed by atoms with Crippen LogP contribution in [0.4, 0.5) is 0 Å². The predicted octanol–water partition coefficient (Wildman–Crippen LogP) is 4.64. The van der Waals surface area contributed by atoms with Gasteiger partial charge in [0.15, 0.2) is 0 Å². The Labute approximate surface area is 157 Å². The van der Waals surface area contributed by atoms with Gasteiger partial charge in [-0.1, -0.05) is 19.8 Å². The second-order valence-electron chi connectivity index (χ2n) is 7.68. The van der Waals surface area contributed by atoms with E-state index in [0.717, 1.165) is 31.3 Å². The normalized spacial score (nSPS) is 18.0. The minimum Gasteiger partial charge on any atom is -0.494 e. The summed E-state index contributed by atoms with van der Waals surface area (Å²) in [5.41, 5.74) is -0.503. The Morgan fingerprint density at radius 3 is 2.12 bits per heavy atom. The number of esters is 1. The van der Waals surface area contributed by atoms with Crippen molar-refractivity contribution in [2.75, 3.05) is 6.61 Å². The molecule has 1 heterocycles. The average molecular weight is 362 g/mol. The van der Waals surface area contributed by atoms with Crippen LogP contribution in [-0.4, -0.2) is 30.9 Å². The summed E-state index contributed by atoms with van der Waals surface area (Å²) in [5, 5.41) is 0. The lowest BCUT2D eigenvalue weighted by Gasteiger charge is -2.32. The fourth-order valence-corrected chi connectivity index (χ4v) is 2.67. The number of hydrogen-bond donors (Lipinski definition) is 0. The molecule has 0 atom stereocenters. The van der Waals surface area contributed by atoms with Crippen LogP contribution >= 0.6 is 0 Å². The van der Waals surface area contributed by atoms with Crippen molar-refractivity contribution in [2.24, 2.45) is 0 Å². The number of benzene rings is 1. The maximum absolute atomic E-state index is 11.2. The van der Waals surface area contributed by atoms with Gasteiger partial charge < -0.3 is 18.8 Å².